The number of hydrogen-bond acceptors (Lipinski definition) is 8. The third kappa shape index (κ3) is 4.68. The van der Waals surface area contributed by atoms with E-state index in [2.05, 4.69) is 65.9 Å². The van der Waals surface area contributed by atoms with Gasteiger partial charge in [0.2, 0.25) is 5.91 Å². The predicted octanol–water partition coefficient (Wildman–Crippen LogP) is 3.47. The summed E-state index contributed by atoms with van der Waals surface area (Å²) in [5, 5.41) is 12.0. The van der Waals surface area contributed by atoms with E-state index >= 15 is 0 Å². The average molecular weight is 578 g/mol. The van der Waals surface area contributed by atoms with Crippen LogP contribution in [0.2, 0.25) is 0 Å². The average Bonchev–Trinajstić information content (AvgIpc) is 3.71. The Labute approximate surface area is 251 Å². The van der Waals surface area contributed by atoms with Gasteiger partial charge in [-0.15, -0.1) is 0 Å². The fourth-order valence-electron chi connectivity index (χ4n) is 7.32. The minimum absolute atomic E-state index is 0.0967. The van der Waals surface area contributed by atoms with Gasteiger partial charge in [-0.25, -0.2) is 0 Å². The highest BCUT2D eigenvalue weighted by molar-refractivity contribution is 5.99. The number of carbonyl (C=O) groups excluding carboxylic acids is 2. The second-order valence-electron chi connectivity index (χ2n) is 12.0. The van der Waals surface area contributed by atoms with Gasteiger partial charge in [0, 0.05) is 31.2 Å². The van der Waals surface area contributed by atoms with E-state index in [9.17, 15) is 14.9 Å². The number of amides is 2. The molecule has 1 aliphatic carbocycles. The Kier molecular flexibility index (Phi) is 6.98. The molecule has 4 heterocycles. The monoisotopic (exact) mass is 577 g/mol. The number of piperazine rings is 1. The zero-order valence-electron chi connectivity index (χ0n) is 24.4. The second kappa shape index (κ2) is 11.0. The number of nitrogens with zero attached hydrogens (tertiary/aromatic N) is 7. The lowest BCUT2D eigenvalue weighted by molar-refractivity contribution is -0.128. The minimum Gasteiger partial charge on any atom is -0.462 e. The van der Waals surface area contributed by atoms with Crippen LogP contribution in [0.5, 0.6) is 6.01 Å². The molecular formula is C33H35N7O3. The Balaban J connectivity index is 1.23. The SMILES string of the molecule is C=CC(=O)N1CCN(c2nc(OC[C@@H]3CCCN3C)nc3c2CN(C2Cc4cccc5cccc2c45)C3=O)C[C@@H]1CC#N. The van der Waals surface area contributed by atoms with Crippen LogP contribution in [0, 0.1) is 11.3 Å². The van der Waals surface area contributed by atoms with E-state index in [1.54, 1.807) is 4.90 Å². The molecule has 0 N–H and O–H groups in total. The van der Waals surface area contributed by atoms with E-state index in [4.69, 9.17) is 14.7 Å². The smallest absolute Gasteiger partial charge is 0.319 e. The van der Waals surface area contributed by atoms with E-state index in [1.807, 2.05) is 4.90 Å². The number of carbonyl (C=O) groups is 2. The minimum atomic E-state index is -0.318. The van der Waals surface area contributed by atoms with Crippen molar-refractivity contribution in [1.82, 2.24) is 24.7 Å². The molecule has 0 bridgehead atoms. The highest BCUT2D eigenvalue weighted by Crippen LogP contribution is 2.44. The number of benzene rings is 2. The first-order valence-electron chi connectivity index (χ1n) is 15.1. The molecule has 0 spiro atoms. The van der Waals surface area contributed by atoms with Crippen molar-refractivity contribution >= 4 is 28.4 Å². The predicted molar refractivity (Wildman–Crippen MR) is 162 cm³/mol. The molecule has 220 valence electrons. The highest BCUT2D eigenvalue weighted by Gasteiger charge is 2.42. The van der Waals surface area contributed by atoms with Gasteiger partial charge in [-0.2, -0.15) is 15.2 Å². The fourth-order valence-corrected chi connectivity index (χ4v) is 7.32. The summed E-state index contributed by atoms with van der Waals surface area (Å²) in [4.78, 5) is 44.3. The third-order valence-electron chi connectivity index (χ3n) is 9.57. The third-order valence-corrected chi connectivity index (χ3v) is 9.57. The Bertz CT molecular complexity index is 1660. The molecular weight excluding hydrogens is 542 g/mol. The highest BCUT2D eigenvalue weighted by atomic mass is 16.5. The maximum Gasteiger partial charge on any atom is 0.319 e. The molecule has 4 aliphatic rings. The van der Waals surface area contributed by atoms with Crippen LogP contribution in [-0.2, 0) is 17.8 Å². The van der Waals surface area contributed by atoms with Crippen molar-refractivity contribution in [2.24, 2.45) is 0 Å². The maximum atomic E-state index is 14.1. The van der Waals surface area contributed by atoms with E-state index in [-0.39, 0.29) is 42.4 Å². The molecule has 3 aliphatic heterocycles. The normalized spacial score (nSPS) is 23.1. The molecule has 2 amide bonds. The number of anilines is 1. The zero-order chi connectivity index (χ0) is 29.7. The van der Waals surface area contributed by atoms with Crippen LogP contribution in [0.1, 0.15) is 52.5 Å². The summed E-state index contributed by atoms with van der Waals surface area (Å²) in [6.45, 7) is 6.86. The van der Waals surface area contributed by atoms with Crippen molar-refractivity contribution in [2.75, 3.05) is 44.7 Å². The molecule has 3 atom stereocenters. The lowest BCUT2D eigenvalue weighted by Crippen LogP contribution is -2.55. The Morgan fingerprint density at radius 2 is 2.00 bits per heavy atom. The summed E-state index contributed by atoms with van der Waals surface area (Å²) in [6.07, 6.45) is 4.41. The summed E-state index contributed by atoms with van der Waals surface area (Å²) < 4.78 is 6.18. The quantitative estimate of drug-likeness (QED) is 0.393. The Hall–Kier alpha value is -4.49. The molecule has 43 heavy (non-hydrogen) atoms. The molecule has 0 saturated carbocycles. The van der Waals surface area contributed by atoms with Gasteiger partial charge in [0.15, 0.2) is 0 Å². The first kappa shape index (κ1) is 27.3. The van der Waals surface area contributed by atoms with Gasteiger partial charge < -0.3 is 24.3 Å². The largest absolute Gasteiger partial charge is 0.462 e. The van der Waals surface area contributed by atoms with Crippen LogP contribution in [-0.4, -0.2) is 88.4 Å². The van der Waals surface area contributed by atoms with Crippen LogP contribution >= 0.6 is 0 Å². The van der Waals surface area contributed by atoms with E-state index in [0.29, 0.717) is 44.3 Å². The van der Waals surface area contributed by atoms with Crippen molar-refractivity contribution in [3.63, 3.8) is 0 Å². The van der Waals surface area contributed by atoms with Gasteiger partial charge in [0.1, 0.15) is 18.1 Å². The number of likely N-dealkylation sites (tertiary alicyclic amines) is 1. The van der Waals surface area contributed by atoms with E-state index in [0.717, 1.165) is 36.9 Å². The summed E-state index contributed by atoms with van der Waals surface area (Å²) in [6, 6.07) is 14.9. The number of aromatic nitrogens is 2. The van der Waals surface area contributed by atoms with Gasteiger partial charge in [-0.1, -0.05) is 43.0 Å². The van der Waals surface area contributed by atoms with Gasteiger partial charge in [0.05, 0.1) is 31.1 Å². The van der Waals surface area contributed by atoms with E-state index in [1.165, 1.54) is 22.4 Å². The van der Waals surface area contributed by atoms with Gasteiger partial charge in [0.25, 0.3) is 5.91 Å². The molecule has 1 aromatic heterocycles. The van der Waals surface area contributed by atoms with Crippen molar-refractivity contribution in [3.05, 3.63) is 71.4 Å². The van der Waals surface area contributed by atoms with Crippen molar-refractivity contribution in [1.29, 1.82) is 5.26 Å². The number of hydrogen-bond donors (Lipinski definition) is 0. The molecule has 2 saturated heterocycles. The van der Waals surface area contributed by atoms with Crippen molar-refractivity contribution in [2.45, 2.75) is 50.4 Å². The number of nitriles is 1. The number of rotatable bonds is 7. The van der Waals surface area contributed by atoms with Crippen molar-refractivity contribution in [3.8, 4) is 12.1 Å². The number of ether oxygens (including phenoxy) is 1. The first-order chi connectivity index (χ1) is 21.0. The Morgan fingerprint density at radius 1 is 1.16 bits per heavy atom. The van der Waals surface area contributed by atoms with Crippen molar-refractivity contribution < 1.29 is 14.3 Å². The first-order valence-corrected chi connectivity index (χ1v) is 15.1. The molecule has 10 heteroatoms. The molecule has 7 rings (SSSR count). The molecule has 0 radical (unpaired) electrons. The maximum absolute atomic E-state index is 14.1. The molecule has 1 unspecified atom stereocenters. The summed E-state index contributed by atoms with van der Waals surface area (Å²) in [7, 11) is 2.09. The zero-order valence-corrected chi connectivity index (χ0v) is 24.4. The summed E-state index contributed by atoms with van der Waals surface area (Å²) >= 11 is 0. The summed E-state index contributed by atoms with van der Waals surface area (Å²) in [5.41, 5.74) is 3.57. The van der Waals surface area contributed by atoms with Crippen LogP contribution in [0.4, 0.5) is 5.82 Å². The second-order valence-corrected chi connectivity index (χ2v) is 12.0. The standard InChI is InChI=1S/C33H35N7O3/c1-3-28(41)39-16-15-38(18-23(39)12-13-34)31-26-19-40(27-17-22-9-4-7-21-8-5-11-25(27)29(21)22)32(42)30(26)35-33(36-31)43-20-24-10-6-14-37(24)2/h3-5,7-9,11,23-24,27H,1,6,10,12,14-20H2,2H3/t23-,24-,27?/m0/s1. The Morgan fingerprint density at radius 3 is 2.77 bits per heavy atom. The van der Waals surface area contributed by atoms with Gasteiger partial charge >= 0.3 is 6.01 Å². The van der Waals surface area contributed by atoms with Gasteiger partial charge in [-0.3, -0.25) is 9.59 Å². The lowest BCUT2D eigenvalue weighted by Gasteiger charge is -2.41. The molecule has 2 aromatic carbocycles. The molecule has 3 aromatic rings. The van der Waals surface area contributed by atoms with Crippen LogP contribution in [0.3, 0.4) is 0 Å². The molecule has 10 nitrogen and oxygen atoms in total. The lowest BCUT2D eigenvalue weighted by atomic mass is 10.0. The molecule has 2 fully saturated rings. The van der Waals surface area contributed by atoms with Crippen LogP contribution in [0.15, 0.2) is 49.1 Å². The van der Waals surface area contributed by atoms with Gasteiger partial charge in [-0.05, 0) is 60.8 Å². The van der Waals surface area contributed by atoms with E-state index < -0.39 is 0 Å². The topological polar surface area (TPSA) is 106 Å². The fraction of sp³-hybridized carbons (Fsp3) is 0.424. The van der Waals surface area contributed by atoms with Crippen LogP contribution in [0.25, 0.3) is 10.8 Å². The van der Waals surface area contributed by atoms with Crippen LogP contribution < -0.4 is 9.64 Å². The number of fused-ring (bicyclic) bond motifs is 1. The number of likely N-dealkylation sites (N-methyl/N-ethyl adjacent to an activating group) is 1. The summed E-state index contributed by atoms with van der Waals surface area (Å²) in [5.74, 6) is 0.345.